The number of anilines is 4. The molecule has 26 heavy (non-hydrogen) atoms. The Balaban J connectivity index is 1.54. The molecule has 0 fully saturated rings. The zero-order chi connectivity index (χ0) is 17.8. The molecule has 4 rings (SSSR count). The molecule has 0 atom stereocenters. The second kappa shape index (κ2) is 7.19. The van der Waals surface area contributed by atoms with E-state index in [2.05, 4.69) is 50.7 Å². The fraction of sp³-hybridized carbons (Fsp3) is 0.0952. The van der Waals surface area contributed by atoms with E-state index in [4.69, 9.17) is 0 Å². The molecule has 2 N–H and O–H groups in total. The first-order valence-corrected chi connectivity index (χ1v) is 8.61. The first-order valence-electron chi connectivity index (χ1n) is 8.61. The van der Waals surface area contributed by atoms with Crippen molar-refractivity contribution in [3.05, 3.63) is 78.6 Å². The van der Waals surface area contributed by atoms with Gasteiger partial charge < -0.3 is 10.6 Å². The number of nitrogens with zero attached hydrogens (tertiary/aromatic N) is 3. The molecule has 5 nitrogen and oxygen atoms in total. The van der Waals surface area contributed by atoms with E-state index in [-0.39, 0.29) is 0 Å². The molecule has 4 aromatic rings. The van der Waals surface area contributed by atoms with E-state index in [1.807, 2.05) is 42.5 Å². The standard InChI is InChI=1S/C21H19N5/c1-2-15-5-3-7-17(13-15)25-21-23-12-10-20(26-21)24-18-8-9-19-16(14-18)6-4-11-22-19/h3-14H,2H2,1H3,(H2,23,24,25,26). The molecule has 0 aliphatic carbocycles. The number of hydrogen-bond donors (Lipinski definition) is 2. The number of rotatable bonds is 5. The average molecular weight is 341 g/mol. The van der Waals surface area contributed by atoms with Crippen LogP contribution >= 0.6 is 0 Å². The van der Waals surface area contributed by atoms with Gasteiger partial charge in [0.05, 0.1) is 5.52 Å². The van der Waals surface area contributed by atoms with Gasteiger partial charge in [-0.25, -0.2) is 4.98 Å². The molecule has 5 heteroatoms. The number of aromatic nitrogens is 3. The Morgan fingerprint density at radius 2 is 1.73 bits per heavy atom. The Hall–Kier alpha value is -3.47. The second-order valence-corrected chi connectivity index (χ2v) is 5.98. The Bertz CT molecular complexity index is 1040. The lowest BCUT2D eigenvalue weighted by Gasteiger charge is -2.09. The Morgan fingerprint density at radius 1 is 0.808 bits per heavy atom. The highest BCUT2D eigenvalue weighted by atomic mass is 15.1. The van der Waals surface area contributed by atoms with Crippen LogP contribution in [0.5, 0.6) is 0 Å². The van der Waals surface area contributed by atoms with Gasteiger partial charge in [-0.3, -0.25) is 4.98 Å². The summed E-state index contributed by atoms with van der Waals surface area (Å²) in [5.74, 6) is 1.29. The summed E-state index contributed by atoms with van der Waals surface area (Å²) in [5, 5.41) is 7.67. The van der Waals surface area contributed by atoms with E-state index in [0.717, 1.165) is 34.5 Å². The van der Waals surface area contributed by atoms with Crippen LogP contribution in [0, 0.1) is 0 Å². The molecule has 0 spiro atoms. The topological polar surface area (TPSA) is 62.7 Å². The summed E-state index contributed by atoms with van der Waals surface area (Å²) in [5.41, 5.74) is 4.19. The highest BCUT2D eigenvalue weighted by Gasteiger charge is 2.03. The molecule has 128 valence electrons. The largest absolute Gasteiger partial charge is 0.340 e. The van der Waals surface area contributed by atoms with Gasteiger partial charge in [0.15, 0.2) is 0 Å². The fourth-order valence-electron chi connectivity index (χ4n) is 2.79. The molecule has 2 aromatic heterocycles. The molecular weight excluding hydrogens is 322 g/mol. The maximum absolute atomic E-state index is 4.55. The Kier molecular flexibility index (Phi) is 4.43. The maximum atomic E-state index is 4.55. The summed E-state index contributed by atoms with van der Waals surface area (Å²) >= 11 is 0. The van der Waals surface area contributed by atoms with Gasteiger partial charge in [-0.15, -0.1) is 0 Å². The highest BCUT2D eigenvalue weighted by Crippen LogP contribution is 2.21. The zero-order valence-corrected chi connectivity index (χ0v) is 14.5. The normalized spacial score (nSPS) is 10.7. The minimum Gasteiger partial charge on any atom is -0.340 e. The van der Waals surface area contributed by atoms with Crippen LogP contribution in [0.4, 0.5) is 23.1 Å². The maximum Gasteiger partial charge on any atom is 0.229 e. The van der Waals surface area contributed by atoms with Crippen LogP contribution < -0.4 is 10.6 Å². The first-order chi connectivity index (χ1) is 12.8. The Morgan fingerprint density at radius 3 is 2.65 bits per heavy atom. The number of fused-ring (bicyclic) bond motifs is 1. The third-order valence-electron chi connectivity index (χ3n) is 4.12. The first kappa shape index (κ1) is 16.0. The summed E-state index contributed by atoms with van der Waals surface area (Å²) in [6, 6.07) is 20.1. The number of pyridine rings is 1. The Labute approximate surface area is 152 Å². The molecule has 0 bridgehead atoms. The van der Waals surface area contributed by atoms with Crippen molar-refractivity contribution in [2.75, 3.05) is 10.6 Å². The lowest BCUT2D eigenvalue weighted by molar-refractivity contribution is 1.13. The summed E-state index contributed by atoms with van der Waals surface area (Å²) in [7, 11) is 0. The minimum absolute atomic E-state index is 0.561. The van der Waals surface area contributed by atoms with E-state index in [1.165, 1.54) is 5.56 Å². The van der Waals surface area contributed by atoms with Gasteiger partial charge in [0, 0.05) is 29.2 Å². The van der Waals surface area contributed by atoms with Gasteiger partial charge in [-0.1, -0.05) is 25.1 Å². The van der Waals surface area contributed by atoms with Crippen molar-refractivity contribution in [1.29, 1.82) is 0 Å². The van der Waals surface area contributed by atoms with Crippen LogP contribution in [-0.2, 0) is 6.42 Å². The quantitative estimate of drug-likeness (QED) is 0.530. The van der Waals surface area contributed by atoms with Gasteiger partial charge >= 0.3 is 0 Å². The van der Waals surface area contributed by atoms with E-state index in [1.54, 1.807) is 12.4 Å². The van der Waals surface area contributed by atoms with Crippen molar-refractivity contribution in [3.63, 3.8) is 0 Å². The fourth-order valence-corrected chi connectivity index (χ4v) is 2.79. The zero-order valence-electron chi connectivity index (χ0n) is 14.5. The summed E-state index contributed by atoms with van der Waals surface area (Å²) < 4.78 is 0. The van der Waals surface area contributed by atoms with E-state index in [0.29, 0.717) is 5.95 Å². The predicted octanol–water partition coefficient (Wildman–Crippen LogP) is 5.07. The van der Waals surface area contributed by atoms with E-state index < -0.39 is 0 Å². The van der Waals surface area contributed by atoms with Crippen molar-refractivity contribution in [2.24, 2.45) is 0 Å². The highest BCUT2D eigenvalue weighted by molar-refractivity contribution is 5.83. The SMILES string of the molecule is CCc1cccc(Nc2nccc(Nc3ccc4ncccc4c3)n2)c1. The second-order valence-electron chi connectivity index (χ2n) is 5.98. The molecule has 0 aliphatic rings. The van der Waals surface area contributed by atoms with Crippen LogP contribution in [0.3, 0.4) is 0 Å². The lowest BCUT2D eigenvalue weighted by Crippen LogP contribution is -2.00. The third kappa shape index (κ3) is 3.62. The predicted molar refractivity (Wildman–Crippen MR) is 106 cm³/mol. The van der Waals surface area contributed by atoms with Crippen LogP contribution in [-0.4, -0.2) is 15.0 Å². The molecule has 0 amide bonds. The third-order valence-corrected chi connectivity index (χ3v) is 4.12. The van der Waals surface area contributed by atoms with E-state index >= 15 is 0 Å². The van der Waals surface area contributed by atoms with Crippen molar-refractivity contribution in [3.8, 4) is 0 Å². The smallest absolute Gasteiger partial charge is 0.229 e. The van der Waals surface area contributed by atoms with Crippen LogP contribution in [0.25, 0.3) is 10.9 Å². The molecule has 0 unspecified atom stereocenters. The minimum atomic E-state index is 0.561. The molecule has 0 radical (unpaired) electrons. The molecule has 0 saturated carbocycles. The number of hydrogen-bond acceptors (Lipinski definition) is 5. The molecule has 0 saturated heterocycles. The van der Waals surface area contributed by atoms with Gasteiger partial charge in [0.1, 0.15) is 5.82 Å². The van der Waals surface area contributed by atoms with Gasteiger partial charge in [0.2, 0.25) is 5.95 Å². The van der Waals surface area contributed by atoms with Gasteiger partial charge in [-0.2, -0.15) is 4.98 Å². The summed E-state index contributed by atoms with van der Waals surface area (Å²) in [6.07, 6.45) is 4.53. The molecular formula is C21H19N5. The molecule has 2 heterocycles. The van der Waals surface area contributed by atoms with Crippen LogP contribution in [0.15, 0.2) is 73.1 Å². The number of benzene rings is 2. The van der Waals surface area contributed by atoms with Gasteiger partial charge in [0.25, 0.3) is 0 Å². The van der Waals surface area contributed by atoms with Gasteiger partial charge in [-0.05, 0) is 54.4 Å². The number of nitrogens with one attached hydrogen (secondary N) is 2. The van der Waals surface area contributed by atoms with Crippen molar-refractivity contribution in [1.82, 2.24) is 15.0 Å². The van der Waals surface area contributed by atoms with E-state index in [9.17, 15) is 0 Å². The molecule has 0 aliphatic heterocycles. The number of aryl methyl sites for hydroxylation is 1. The van der Waals surface area contributed by atoms with Crippen molar-refractivity contribution < 1.29 is 0 Å². The average Bonchev–Trinajstić information content (AvgIpc) is 2.68. The van der Waals surface area contributed by atoms with Crippen LogP contribution in [0.1, 0.15) is 12.5 Å². The summed E-state index contributed by atoms with van der Waals surface area (Å²) in [4.78, 5) is 13.2. The lowest BCUT2D eigenvalue weighted by atomic mass is 10.1. The summed E-state index contributed by atoms with van der Waals surface area (Å²) in [6.45, 7) is 2.14. The van der Waals surface area contributed by atoms with Crippen LogP contribution in [0.2, 0.25) is 0 Å². The monoisotopic (exact) mass is 341 g/mol. The van der Waals surface area contributed by atoms with Crippen molar-refractivity contribution >= 4 is 34.0 Å². The molecule has 2 aromatic carbocycles. The van der Waals surface area contributed by atoms with Crippen molar-refractivity contribution in [2.45, 2.75) is 13.3 Å².